The largest absolute Gasteiger partial charge is 0.486 e. The van der Waals surface area contributed by atoms with Gasteiger partial charge in [0.15, 0.2) is 17.6 Å². The SMILES string of the molecule is Cc1cc(C(=O)O[C@@H](C)C(=O)Nc2ccc3c(c2)OCCO3)c(C)s1. The zero-order valence-corrected chi connectivity index (χ0v) is 15.1. The minimum Gasteiger partial charge on any atom is -0.486 e. The van der Waals surface area contributed by atoms with E-state index in [-0.39, 0.29) is 0 Å². The van der Waals surface area contributed by atoms with Gasteiger partial charge in [0.2, 0.25) is 0 Å². The minimum absolute atomic E-state index is 0.408. The molecule has 0 bridgehead atoms. The highest BCUT2D eigenvalue weighted by Gasteiger charge is 2.22. The zero-order valence-electron chi connectivity index (χ0n) is 14.3. The number of amides is 1. The fourth-order valence-electron chi connectivity index (χ4n) is 2.48. The van der Waals surface area contributed by atoms with Gasteiger partial charge in [0.05, 0.1) is 5.56 Å². The Bertz CT molecular complexity index is 814. The molecule has 1 aliphatic heterocycles. The van der Waals surface area contributed by atoms with Crippen LogP contribution in [0.5, 0.6) is 11.5 Å². The van der Waals surface area contributed by atoms with Crippen molar-refractivity contribution in [1.29, 1.82) is 0 Å². The van der Waals surface area contributed by atoms with Crippen LogP contribution in [0.25, 0.3) is 0 Å². The molecule has 1 N–H and O–H groups in total. The topological polar surface area (TPSA) is 73.9 Å². The highest BCUT2D eigenvalue weighted by Crippen LogP contribution is 2.32. The number of hydrogen-bond donors (Lipinski definition) is 1. The van der Waals surface area contributed by atoms with Crippen LogP contribution in [0.15, 0.2) is 24.3 Å². The predicted molar refractivity (Wildman–Crippen MR) is 94.7 cm³/mol. The van der Waals surface area contributed by atoms with Gasteiger partial charge in [0.25, 0.3) is 5.91 Å². The molecule has 0 spiro atoms. The maximum Gasteiger partial charge on any atom is 0.340 e. The normalized spacial score (nSPS) is 13.9. The van der Waals surface area contributed by atoms with Gasteiger partial charge < -0.3 is 19.5 Å². The lowest BCUT2D eigenvalue weighted by Gasteiger charge is -2.19. The van der Waals surface area contributed by atoms with Crippen molar-refractivity contribution in [1.82, 2.24) is 0 Å². The van der Waals surface area contributed by atoms with E-state index < -0.39 is 18.0 Å². The van der Waals surface area contributed by atoms with Crippen LogP contribution >= 0.6 is 11.3 Å². The molecule has 7 heteroatoms. The second-order valence-electron chi connectivity index (χ2n) is 5.72. The molecule has 1 aromatic carbocycles. The first kappa shape index (κ1) is 17.3. The third kappa shape index (κ3) is 3.93. The van der Waals surface area contributed by atoms with Crippen LogP contribution < -0.4 is 14.8 Å². The summed E-state index contributed by atoms with van der Waals surface area (Å²) >= 11 is 1.52. The summed E-state index contributed by atoms with van der Waals surface area (Å²) in [6.45, 7) is 6.30. The van der Waals surface area contributed by atoms with Gasteiger partial charge in [-0.25, -0.2) is 4.79 Å². The monoisotopic (exact) mass is 361 g/mol. The summed E-state index contributed by atoms with van der Waals surface area (Å²) < 4.78 is 16.2. The molecule has 2 heterocycles. The molecule has 0 aliphatic carbocycles. The number of hydrogen-bond acceptors (Lipinski definition) is 6. The summed E-state index contributed by atoms with van der Waals surface area (Å²) in [5, 5.41) is 2.72. The first-order valence-electron chi connectivity index (χ1n) is 7.92. The lowest BCUT2D eigenvalue weighted by atomic mass is 10.2. The minimum atomic E-state index is -0.916. The predicted octanol–water partition coefficient (Wildman–Crippen LogP) is 3.32. The Kier molecular flexibility index (Phi) is 4.94. The number of carbonyl (C=O) groups is 2. The second-order valence-corrected chi connectivity index (χ2v) is 7.18. The molecular formula is C18H19NO5S. The Morgan fingerprint density at radius 3 is 2.56 bits per heavy atom. The number of esters is 1. The highest BCUT2D eigenvalue weighted by atomic mass is 32.1. The van der Waals surface area contributed by atoms with Crippen LogP contribution in [0.3, 0.4) is 0 Å². The van der Waals surface area contributed by atoms with E-state index in [4.69, 9.17) is 14.2 Å². The summed E-state index contributed by atoms with van der Waals surface area (Å²) in [7, 11) is 0. The number of ether oxygens (including phenoxy) is 3. The number of aryl methyl sites for hydroxylation is 2. The van der Waals surface area contributed by atoms with E-state index in [0.717, 1.165) is 9.75 Å². The van der Waals surface area contributed by atoms with Crippen LogP contribution in [-0.4, -0.2) is 31.2 Å². The molecule has 1 atom stereocenters. The fourth-order valence-corrected chi connectivity index (χ4v) is 3.39. The van der Waals surface area contributed by atoms with Crippen LogP contribution in [0.4, 0.5) is 5.69 Å². The van der Waals surface area contributed by atoms with Gasteiger partial charge >= 0.3 is 5.97 Å². The van der Waals surface area contributed by atoms with Gasteiger partial charge in [-0.2, -0.15) is 0 Å². The molecule has 0 saturated carbocycles. The van der Waals surface area contributed by atoms with Gasteiger partial charge in [-0.1, -0.05) is 0 Å². The van der Waals surface area contributed by atoms with E-state index in [9.17, 15) is 9.59 Å². The lowest BCUT2D eigenvalue weighted by molar-refractivity contribution is -0.123. The van der Waals surface area contributed by atoms with Crippen molar-refractivity contribution in [2.45, 2.75) is 26.9 Å². The van der Waals surface area contributed by atoms with E-state index in [1.54, 1.807) is 31.2 Å². The van der Waals surface area contributed by atoms with E-state index in [1.807, 2.05) is 13.8 Å². The van der Waals surface area contributed by atoms with E-state index >= 15 is 0 Å². The maximum atomic E-state index is 12.3. The molecule has 6 nitrogen and oxygen atoms in total. The number of nitrogens with one attached hydrogen (secondary N) is 1. The van der Waals surface area contributed by atoms with Crippen molar-refractivity contribution in [3.05, 3.63) is 39.6 Å². The molecule has 0 saturated heterocycles. The number of anilines is 1. The number of benzene rings is 1. The number of thiophene rings is 1. The average molecular weight is 361 g/mol. The lowest BCUT2D eigenvalue weighted by Crippen LogP contribution is -2.30. The molecule has 0 fully saturated rings. The quantitative estimate of drug-likeness (QED) is 0.846. The van der Waals surface area contributed by atoms with Crippen molar-refractivity contribution in [3.63, 3.8) is 0 Å². The standard InChI is InChI=1S/C18H19NO5S/c1-10-8-14(12(3)25-10)18(21)24-11(2)17(20)19-13-4-5-15-16(9-13)23-7-6-22-15/h4-5,8-9,11H,6-7H2,1-3H3,(H,19,20)/t11-/m0/s1. The van der Waals surface area contributed by atoms with Crippen LogP contribution in [0.2, 0.25) is 0 Å². The first-order chi connectivity index (χ1) is 11.9. The Balaban J connectivity index is 1.62. The Morgan fingerprint density at radius 2 is 1.88 bits per heavy atom. The molecular weight excluding hydrogens is 342 g/mol. The fraction of sp³-hybridized carbons (Fsp3) is 0.333. The molecule has 1 aromatic heterocycles. The van der Waals surface area contributed by atoms with Gasteiger partial charge in [0, 0.05) is 21.5 Å². The third-order valence-corrected chi connectivity index (χ3v) is 4.69. The molecule has 0 radical (unpaired) electrons. The number of rotatable bonds is 4. The van der Waals surface area contributed by atoms with Crippen LogP contribution in [-0.2, 0) is 9.53 Å². The molecule has 0 unspecified atom stereocenters. The van der Waals surface area contributed by atoms with E-state index in [0.29, 0.717) is 36.0 Å². The molecule has 1 amide bonds. The third-order valence-electron chi connectivity index (χ3n) is 3.72. The van der Waals surface area contributed by atoms with Gasteiger partial charge in [-0.3, -0.25) is 4.79 Å². The van der Waals surface area contributed by atoms with Gasteiger partial charge in [0.1, 0.15) is 13.2 Å². The summed E-state index contributed by atoms with van der Waals surface area (Å²) in [5.41, 5.74) is 1.06. The summed E-state index contributed by atoms with van der Waals surface area (Å²) in [4.78, 5) is 26.4. The molecule has 1 aliphatic rings. The number of carbonyl (C=O) groups excluding carboxylic acids is 2. The van der Waals surface area contributed by atoms with E-state index in [1.165, 1.54) is 11.3 Å². The van der Waals surface area contributed by atoms with E-state index in [2.05, 4.69) is 5.32 Å². The molecule has 2 aromatic rings. The van der Waals surface area contributed by atoms with Crippen molar-refractivity contribution in [2.75, 3.05) is 18.5 Å². The van der Waals surface area contributed by atoms with Gasteiger partial charge in [-0.15, -0.1) is 11.3 Å². The molecule has 25 heavy (non-hydrogen) atoms. The van der Waals surface area contributed by atoms with Crippen LogP contribution in [0.1, 0.15) is 27.0 Å². The van der Waals surface area contributed by atoms with Crippen LogP contribution in [0, 0.1) is 13.8 Å². The van der Waals surface area contributed by atoms with Crippen molar-refractivity contribution < 1.29 is 23.8 Å². The van der Waals surface area contributed by atoms with Crippen molar-refractivity contribution in [2.24, 2.45) is 0 Å². The Hall–Kier alpha value is -2.54. The summed E-state index contributed by atoms with van der Waals surface area (Å²) in [6.07, 6.45) is -0.916. The molecule has 3 rings (SSSR count). The molecule has 132 valence electrons. The smallest absolute Gasteiger partial charge is 0.340 e. The van der Waals surface area contributed by atoms with Gasteiger partial charge in [-0.05, 0) is 39.0 Å². The average Bonchev–Trinajstić information content (AvgIpc) is 2.93. The summed E-state index contributed by atoms with van der Waals surface area (Å²) in [5.74, 6) is 0.325. The van der Waals surface area contributed by atoms with Crippen molar-refractivity contribution in [3.8, 4) is 11.5 Å². The Labute approximate surface area is 149 Å². The maximum absolute atomic E-state index is 12.3. The Morgan fingerprint density at radius 1 is 1.16 bits per heavy atom. The second kappa shape index (κ2) is 7.14. The zero-order chi connectivity index (χ0) is 18.0. The highest BCUT2D eigenvalue weighted by molar-refractivity contribution is 7.12. The first-order valence-corrected chi connectivity index (χ1v) is 8.74. The number of fused-ring (bicyclic) bond motifs is 1. The van der Waals surface area contributed by atoms with Crippen molar-refractivity contribution >= 4 is 28.9 Å². The summed E-state index contributed by atoms with van der Waals surface area (Å²) in [6, 6.07) is 6.91.